The Labute approximate surface area is 102 Å². The normalized spacial score (nSPS) is 19.4. The van der Waals surface area contributed by atoms with Gasteiger partial charge in [0.2, 0.25) is 0 Å². The van der Waals surface area contributed by atoms with E-state index in [1.54, 1.807) is 6.26 Å². The van der Waals surface area contributed by atoms with Crippen molar-refractivity contribution >= 4 is 0 Å². The summed E-state index contributed by atoms with van der Waals surface area (Å²) < 4.78 is 10.7. The van der Waals surface area contributed by atoms with Crippen molar-refractivity contribution in [2.45, 2.75) is 38.1 Å². The van der Waals surface area contributed by atoms with Crippen LogP contribution in [0.1, 0.15) is 31.4 Å². The van der Waals surface area contributed by atoms with Gasteiger partial charge in [0, 0.05) is 25.7 Å². The van der Waals surface area contributed by atoms with Gasteiger partial charge in [0.15, 0.2) is 0 Å². The second-order valence-corrected chi connectivity index (χ2v) is 4.77. The van der Waals surface area contributed by atoms with Crippen LogP contribution in [0.2, 0.25) is 0 Å². The molecule has 1 fully saturated rings. The molecule has 17 heavy (non-hydrogen) atoms. The summed E-state index contributed by atoms with van der Waals surface area (Å²) in [7, 11) is 0. The number of rotatable bonds is 6. The summed E-state index contributed by atoms with van der Waals surface area (Å²) in [6.07, 6.45) is 7.17. The maximum atomic E-state index is 5.62. The molecule has 0 aliphatic carbocycles. The van der Waals surface area contributed by atoms with Gasteiger partial charge in [-0.15, -0.1) is 0 Å². The van der Waals surface area contributed by atoms with Crippen molar-refractivity contribution < 1.29 is 9.15 Å². The van der Waals surface area contributed by atoms with E-state index >= 15 is 0 Å². The fourth-order valence-corrected chi connectivity index (χ4v) is 2.43. The molecule has 1 aliphatic rings. The molecule has 2 heterocycles. The van der Waals surface area contributed by atoms with Crippen LogP contribution >= 0.6 is 0 Å². The lowest BCUT2D eigenvalue weighted by Crippen LogP contribution is -2.37. The van der Waals surface area contributed by atoms with E-state index < -0.39 is 0 Å². The molecule has 1 saturated heterocycles. The molecule has 96 valence electrons. The SMILES string of the molecule is NNC(CCc1ccco1)CC1CCOCC1. The molecule has 2 rings (SSSR count). The van der Waals surface area contributed by atoms with Gasteiger partial charge < -0.3 is 9.15 Å². The number of nitrogens with one attached hydrogen (secondary N) is 1. The number of ether oxygens (including phenoxy) is 1. The fourth-order valence-electron chi connectivity index (χ4n) is 2.43. The Morgan fingerprint density at radius 3 is 2.88 bits per heavy atom. The molecule has 0 radical (unpaired) electrons. The maximum absolute atomic E-state index is 5.62. The smallest absolute Gasteiger partial charge is 0.103 e. The average molecular weight is 238 g/mol. The van der Waals surface area contributed by atoms with Crippen molar-refractivity contribution in [1.29, 1.82) is 0 Å². The molecule has 1 aromatic heterocycles. The summed E-state index contributed by atoms with van der Waals surface area (Å²) in [4.78, 5) is 0. The van der Waals surface area contributed by atoms with Gasteiger partial charge in [0.25, 0.3) is 0 Å². The van der Waals surface area contributed by atoms with Gasteiger partial charge in [0.1, 0.15) is 5.76 Å². The second-order valence-electron chi connectivity index (χ2n) is 4.77. The van der Waals surface area contributed by atoms with Gasteiger partial charge in [-0.1, -0.05) is 0 Å². The number of furan rings is 1. The summed E-state index contributed by atoms with van der Waals surface area (Å²) in [5.41, 5.74) is 2.93. The second kappa shape index (κ2) is 6.79. The quantitative estimate of drug-likeness (QED) is 0.586. The van der Waals surface area contributed by atoms with Crippen LogP contribution in [-0.4, -0.2) is 19.3 Å². The van der Waals surface area contributed by atoms with Gasteiger partial charge in [-0.3, -0.25) is 11.3 Å². The zero-order chi connectivity index (χ0) is 11.9. The standard InChI is InChI=1S/C13H22N2O2/c14-15-12(3-4-13-2-1-7-17-13)10-11-5-8-16-9-6-11/h1-2,7,11-12,15H,3-6,8-10,14H2. The minimum Gasteiger partial charge on any atom is -0.469 e. The topological polar surface area (TPSA) is 60.4 Å². The molecular formula is C13H22N2O2. The Kier molecular flexibility index (Phi) is 5.04. The summed E-state index contributed by atoms with van der Waals surface area (Å²) >= 11 is 0. The van der Waals surface area contributed by atoms with Gasteiger partial charge in [0.05, 0.1) is 6.26 Å². The van der Waals surface area contributed by atoms with Crippen LogP contribution < -0.4 is 11.3 Å². The minimum absolute atomic E-state index is 0.378. The molecule has 4 heteroatoms. The average Bonchev–Trinajstić information content (AvgIpc) is 2.89. The molecule has 1 unspecified atom stereocenters. The van der Waals surface area contributed by atoms with Crippen LogP contribution in [-0.2, 0) is 11.2 Å². The molecule has 4 nitrogen and oxygen atoms in total. The molecule has 1 atom stereocenters. The lowest BCUT2D eigenvalue weighted by Gasteiger charge is -2.26. The predicted molar refractivity (Wildman–Crippen MR) is 66.3 cm³/mol. The first kappa shape index (κ1) is 12.6. The van der Waals surface area contributed by atoms with E-state index in [0.717, 1.165) is 44.2 Å². The molecule has 1 aromatic rings. The zero-order valence-corrected chi connectivity index (χ0v) is 10.2. The van der Waals surface area contributed by atoms with Crippen LogP contribution in [0, 0.1) is 5.92 Å². The van der Waals surface area contributed by atoms with Crippen LogP contribution in [0.4, 0.5) is 0 Å². The largest absolute Gasteiger partial charge is 0.469 e. The number of hydrogen-bond acceptors (Lipinski definition) is 4. The van der Waals surface area contributed by atoms with E-state index in [4.69, 9.17) is 15.0 Å². The highest BCUT2D eigenvalue weighted by Crippen LogP contribution is 2.21. The molecule has 0 aromatic carbocycles. The third kappa shape index (κ3) is 4.15. The lowest BCUT2D eigenvalue weighted by molar-refractivity contribution is 0.0602. The van der Waals surface area contributed by atoms with Crippen molar-refractivity contribution in [3.05, 3.63) is 24.2 Å². The Balaban J connectivity index is 1.72. The fraction of sp³-hybridized carbons (Fsp3) is 0.692. The van der Waals surface area contributed by atoms with Gasteiger partial charge in [-0.25, -0.2) is 0 Å². The first-order chi connectivity index (χ1) is 8.38. The highest BCUT2D eigenvalue weighted by atomic mass is 16.5. The molecule has 0 bridgehead atoms. The maximum Gasteiger partial charge on any atom is 0.103 e. The first-order valence-corrected chi connectivity index (χ1v) is 6.44. The summed E-state index contributed by atoms with van der Waals surface area (Å²) in [6, 6.07) is 4.32. The molecule has 3 N–H and O–H groups in total. The number of hydrogen-bond donors (Lipinski definition) is 2. The van der Waals surface area contributed by atoms with Crippen molar-refractivity contribution in [1.82, 2.24) is 5.43 Å². The van der Waals surface area contributed by atoms with Crippen LogP contribution in [0.3, 0.4) is 0 Å². The van der Waals surface area contributed by atoms with Crippen molar-refractivity contribution in [2.24, 2.45) is 11.8 Å². The molecule has 0 saturated carbocycles. The minimum atomic E-state index is 0.378. The van der Waals surface area contributed by atoms with Crippen molar-refractivity contribution in [2.75, 3.05) is 13.2 Å². The third-order valence-electron chi connectivity index (χ3n) is 3.51. The number of hydrazine groups is 1. The number of nitrogens with two attached hydrogens (primary N) is 1. The number of aryl methyl sites for hydroxylation is 1. The van der Waals surface area contributed by atoms with E-state index in [-0.39, 0.29) is 0 Å². The summed E-state index contributed by atoms with van der Waals surface area (Å²) in [5, 5.41) is 0. The third-order valence-corrected chi connectivity index (χ3v) is 3.51. The Hall–Kier alpha value is -0.840. The van der Waals surface area contributed by atoms with E-state index in [1.807, 2.05) is 12.1 Å². The molecule has 0 spiro atoms. The van der Waals surface area contributed by atoms with E-state index in [9.17, 15) is 0 Å². The first-order valence-electron chi connectivity index (χ1n) is 6.44. The molecular weight excluding hydrogens is 216 g/mol. The van der Waals surface area contributed by atoms with Crippen molar-refractivity contribution in [3.63, 3.8) is 0 Å². The Morgan fingerprint density at radius 2 is 2.24 bits per heavy atom. The summed E-state index contributed by atoms with van der Waals surface area (Å²) in [5.74, 6) is 7.41. The van der Waals surface area contributed by atoms with E-state index in [1.165, 1.54) is 12.8 Å². The highest BCUT2D eigenvalue weighted by Gasteiger charge is 2.18. The Bertz CT molecular complexity index is 294. The molecule has 1 aliphatic heterocycles. The van der Waals surface area contributed by atoms with E-state index in [2.05, 4.69) is 5.43 Å². The highest BCUT2D eigenvalue weighted by molar-refractivity contribution is 4.98. The van der Waals surface area contributed by atoms with Gasteiger partial charge in [-0.2, -0.15) is 0 Å². The monoisotopic (exact) mass is 238 g/mol. The predicted octanol–water partition coefficient (Wildman–Crippen LogP) is 1.86. The van der Waals surface area contributed by atoms with Crippen molar-refractivity contribution in [3.8, 4) is 0 Å². The van der Waals surface area contributed by atoms with Crippen LogP contribution in [0.25, 0.3) is 0 Å². The summed E-state index contributed by atoms with van der Waals surface area (Å²) in [6.45, 7) is 1.81. The Morgan fingerprint density at radius 1 is 1.41 bits per heavy atom. The van der Waals surface area contributed by atoms with E-state index in [0.29, 0.717) is 6.04 Å². The van der Waals surface area contributed by atoms with Gasteiger partial charge in [-0.05, 0) is 43.7 Å². The lowest BCUT2D eigenvalue weighted by atomic mass is 9.91. The molecule has 0 amide bonds. The zero-order valence-electron chi connectivity index (χ0n) is 10.2. The van der Waals surface area contributed by atoms with Crippen LogP contribution in [0.15, 0.2) is 22.8 Å². The van der Waals surface area contributed by atoms with Gasteiger partial charge >= 0.3 is 0 Å². The van der Waals surface area contributed by atoms with Crippen LogP contribution in [0.5, 0.6) is 0 Å².